The molecule has 23 heavy (non-hydrogen) atoms. The van der Waals surface area contributed by atoms with E-state index in [0.717, 1.165) is 0 Å². The van der Waals surface area contributed by atoms with Gasteiger partial charge in [-0.05, 0) is 28.5 Å². The second-order valence-electron chi connectivity index (χ2n) is 8.21. The van der Waals surface area contributed by atoms with E-state index in [9.17, 15) is 0 Å². The largest absolute Gasteiger partial charge is 0.231 e. The van der Waals surface area contributed by atoms with E-state index in [0.29, 0.717) is 0 Å². The molecule has 0 unspecified atom stereocenters. The Kier molecular flexibility index (Phi) is 3.84. The van der Waals surface area contributed by atoms with Crippen LogP contribution in [0.4, 0.5) is 0 Å². The molecule has 0 atom stereocenters. The predicted octanol–water partition coefficient (Wildman–Crippen LogP) is 5.91. The normalized spacial score (nSPS) is 12.8. The van der Waals surface area contributed by atoms with Crippen LogP contribution in [0.15, 0.2) is 48.0 Å². The van der Waals surface area contributed by atoms with E-state index >= 15 is 0 Å². The zero-order chi connectivity index (χ0) is 16.8. The molecule has 0 aliphatic carbocycles. The molecule has 2 aromatic heterocycles. The van der Waals surface area contributed by atoms with E-state index in [4.69, 9.17) is 0 Å². The van der Waals surface area contributed by atoms with Gasteiger partial charge in [-0.2, -0.15) is 4.57 Å². The number of pyridine rings is 1. The van der Waals surface area contributed by atoms with Gasteiger partial charge in [0.1, 0.15) is 4.70 Å². The molecule has 3 rings (SSSR count). The molecule has 2 heterocycles. The quantitative estimate of drug-likeness (QED) is 0.490. The monoisotopic (exact) mass is 324 g/mol. The molecule has 0 saturated carbocycles. The first-order chi connectivity index (χ1) is 10.7. The summed E-state index contributed by atoms with van der Waals surface area (Å²) in [5.41, 5.74) is 4.25. The number of nitrogens with zero attached hydrogens (tertiary/aromatic N) is 1. The van der Waals surface area contributed by atoms with Crippen molar-refractivity contribution in [2.45, 2.75) is 52.5 Å². The molecule has 0 aliphatic rings. The molecule has 0 aliphatic heterocycles. The summed E-state index contributed by atoms with van der Waals surface area (Å²) in [6, 6.07) is 13.3. The van der Waals surface area contributed by atoms with Gasteiger partial charge in [-0.15, -0.1) is 11.3 Å². The van der Waals surface area contributed by atoms with E-state index < -0.39 is 0 Å². The second-order valence-corrected chi connectivity index (χ2v) is 9.12. The lowest BCUT2D eigenvalue weighted by Crippen LogP contribution is -2.51. The summed E-state index contributed by atoms with van der Waals surface area (Å²) in [6.07, 6.45) is 2.24. The number of hydrogen-bond acceptors (Lipinski definition) is 1. The van der Waals surface area contributed by atoms with Gasteiger partial charge in [0.2, 0.25) is 5.69 Å². The Bertz CT molecular complexity index is 844. The molecule has 0 radical (unpaired) electrons. The number of fused-ring (bicyclic) bond motifs is 1. The molecule has 1 aromatic carbocycles. The van der Waals surface area contributed by atoms with Crippen molar-refractivity contribution in [1.82, 2.24) is 0 Å². The molecule has 0 amide bonds. The average Bonchev–Trinajstić information content (AvgIpc) is 2.92. The molecule has 1 nitrogen and oxygen atoms in total. The first-order valence-electron chi connectivity index (χ1n) is 8.22. The van der Waals surface area contributed by atoms with Crippen molar-refractivity contribution in [2.24, 2.45) is 0 Å². The maximum Gasteiger partial charge on any atom is 0.231 e. The lowest BCUT2D eigenvalue weighted by atomic mass is 9.82. The van der Waals surface area contributed by atoms with Gasteiger partial charge in [0.15, 0.2) is 11.7 Å². The van der Waals surface area contributed by atoms with E-state index in [1.165, 1.54) is 26.9 Å². The van der Waals surface area contributed by atoms with Crippen LogP contribution >= 0.6 is 11.3 Å². The summed E-state index contributed by atoms with van der Waals surface area (Å²) in [4.78, 5) is 0. The maximum atomic E-state index is 2.43. The minimum atomic E-state index is 0.0402. The Labute approximate surface area is 143 Å². The number of benzene rings is 1. The minimum Gasteiger partial charge on any atom is -0.193 e. The van der Waals surface area contributed by atoms with Crippen molar-refractivity contribution in [3.63, 3.8) is 0 Å². The highest BCUT2D eigenvalue weighted by molar-refractivity contribution is 7.17. The zero-order valence-corrected chi connectivity index (χ0v) is 15.8. The molecule has 0 bridgehead atoms. The first kappa shape index (κ1) is 16.2. The fourth-order valence-corrected chi connectivity index (χ4v) is 4.08. The number of hydrogen-bond donors (Lipinski definition) is 0. The molecule has 0 fully saturated rings. The summed E-state index contributed by atoms with van der Waals surface area (Å²) in [5.74, 6) is 0. The molecule has 0 N–H and O–H groups in total. The van der Waals surface area contributed by atoms with Gasteiger partial charge in [-0.3, -0.25) is 0 Å². The minimum absolute atomic E-state index is 0.0402. The van der Waals surface area contributed by atoms with Crippen molar-refractivity contribution in [3.8, 4) is 11.3 Å². The fourth-order valence-electron chi connectivity index (χ4n) is 3.14. The van der Waals surface area contributed by atoms with Gasteiger partial charge in [0, 0.05) is 32.2 Å². The van der Waals surface area contributed by atoms with Crippen molar-refractivity contribution in [3.05, 3.63) is 53.5 Å². The summed E-state index contributed by atoms with van der Waals surface area (Å²) in [5, 5.41) is 3.52. The lowest BCUT2D eigenvalue weighted by molar-refractivity contribution is -0.743. The SMILES string of the molecule is CC(C)(C)c1ccccc1-c1c2sccc2cc[n+]1C(C)(C)C. The molecular formula is C21H26NS+. The maximum absolute atomic E-state index is 2.43. The number of thiophene rings is 1. The Morgan fingerprint density at radius 3 is 2.22 bits per heavy atom. The standard InChI is InChI=1S/C21H26NS/c1-20(2,3)17-10-8-7-9-16(17)18-19-15(12-14-23-19)11-13-22(18)21(4,5)6/h7-14H,1-6H3/q+1. The molecule has 0 spiro atoms. The summed E-state index contributed by atoms with van der Waals surface area (Å²) >= 11 is 1.84. The van der Waals surface area contributed by atoms with Crippen LogP contribution in [-0.2, 0) is 11.0 Å². The van der Waals surface area contributed by atoms with Gasteiger partial charge in [0.05, 0.1) is 5.56 Å². The van der Waals surface area contributed by atoms with Crippen LogP contribution in [0, 0.1) is 0 Å². The summed E-state index contributed by atoms with van der Waals surface area (Å²) < 4.78 is 3.80. The van der Waals surface area contributed by atoms with Crippen LogP contribution in [-0.4, -0.2) is 0 Å². The topological polar surface area (TPSA) is 3.88 Å². The van der Waals surface area contributed by atoms with E-state index in [2.05, 4.69) is 94.1 Å². The van der Waals surface area contributed by atoms with Crippen LogP contribution in [0.3, 0.4) is 0 Å². The fraction of sp³-hybridized carbons (Fsp3) is 0.381. The molecular weight excluding hydrogens is 298 g/mol. The van der Waals surface area contributed by atoms with Crippen molar-refractivity contribution in [2.75, 3.05) is 0 Å². The molecule has 0 saturated heterocycles. The molecule has 3 aromatic rings. The Morgan fingerprint density at radius 2 is 1.57 bits per heavy atom. The van der Waals surface area contributed by atoms with E-state index in [1.807, 2.05) is 11.3 Å². The molecule has 120 valence electrons. The van der Waals surface area contributed by atoms with Gasteiger partial charge < -0.3 is 0 Å². The van der Waals surface area contributed by atoms with Gasteiger partial charge in [-0.25, -0.2) is 0 Å². The van der Waals surface area contributed by atoms with Crippen LogP contribution in [0.2, 0.25) is 0 Å². The van der Waals surface area contributed by atoms with E-state index in [-0.39, 0.29) is 11.0 Å². The smallest absolute Gasteiger partial charge is 0.193 e. The third kappa shape index (κ3) is 2.92. The highest BCUT2D eigenvalue weighted by Crippen LogP contribution is 2.37. The van der Waals surface area contributed by atoms with Gasteiger partial charge in [-0.1, -0.05) is 39.0 Å². The summed E-state index contributed by atoms with van der Waals surface area (Å²) in [6.45, 7) is 13.7. The molecule has 2 heteroatoms. The third-order valence-corrected chi connectivity index (χ3v) is 5.20. The highest BCUT2D eigenvalue weighted by atomic mass is 32.1. The Morgan fingerprint density at radius 1 is 0.870 bits per heavy atom. The van der Waals surface area contributed by atoms with Crippen molar-refractivity contribution >= 4 is 21.4 Å². The number of aromatic nitrogens is 1. The van der Waals surface area contributed by atoms with Crippen LogP contribution < -0.4 is 4.57 Å². The number of rotatable bonds is 1. The van der Waals surface area contributed by atoms with Crippen LogP contribution in [0.1, 0.15) is 47.1 Å². The Balaban J connectivity index is 2.43. The highest BCUT2D eigenvalue weighted by Gasteiger charge is 2.31. The predicted molar refractivity (Wildman–Crippen MR) is 101 cm³/mol. The van der Waals surface area contributed by atoms with Gasteiger partial charge >= 0.3 is 0 Å². The van der Waals surface area contributed by atoms with Crippen molar-refractivity contribution in [1.29, 1.82) is 0 Å². The van der Waals surface area contributed by atoms with Crippen molar-refractivity contribution < 1.29 is 4.57 Å². The third-order valence-electron chi connectivity index (χ3n) is 4.27. The summed E-state index contributed by atoms with van der Waals surface area (Å²) in [7, 11) is 0. The van der Waals surface area contributed by atoms with Crippen LogP contribution in [0.5, 0.6) is 0 Å². The first-order valence-corrected chi connectivity index (χ1v) is 9.10. The zero-order valence-electron chi connectivity index (χ0n) is 15.0. The Hall–Kier alpha value is -1.67. The average molecular weight is 325 g/mol. The van der Waals surface area contributed by atoms with Gasteiger partial charge in [0.25, 0.3) is 0 Å². The lowest BCUT2D eigenvalue weighted by Gasteiger charge is -2.24. The van der Waals surface area contributed by atoms with E-state index in [1.54, 1.807) is 0 Å². The second kappa shape index (κ2) is 5.45. The van der Waals surface area contributed by atoms with Crippen LogP contribution in [0.25, 0.3) is 21.3 Å².